The molecule has 108 valence electrons. The van der Waals surface area contributed by atoms with Crippen molar-refractivity contribution in [2.45, 2.75) is 6.92 Å². The third-order valence-corrected chi connectivity index (χ3v) is 2.62. The highest BCUT2D eigenvalue weighted by atomic mass is 16.5. The monoisotopic (exact) mass is 284 g/mol. The van der Waals surface area contributed by atoms with Crippen LogP contribution in [-0.4, -0.2) is 17.7 Å². The maximum absolute atomic E-state index is 10.5. The van der Waals surface area contributed by atoms with Gasteiger partial charge in [-0.1, -0.05) is 24.3 Å². The van der Waals surface area contributed by atoms with Crippen molar-refractivity contribution in [2.24, 2.45) is 0 Å². The normalized spacial score (nSPS) is 11.0. The Morgan fingerprint density at radius 1 is 1.05 bits per heavy atom. The maximum Gasteiger partial charge on any atom is 0.328 e. The van der Waals surface area contributed by atoms with Gasteiger partial charge in [-0.2, -0.15) is 0 Å². The summed E-state index contributed by atoms with van der Waals surface area (Å²) in [5.41, 5.74) is 0.636. The number of rotatable bonds is 6. The molecule has 0 unspecified atom stereocenters. The molecule has 0 aliphatic heterocycles. The lowest BCUT2D eigenvalue weighted by molar-refractivity contribution is -0.131. The van der Waals surface area contributed by atoms with Crippen molar-refractivity contribution < 1.29 is 19.4 Å². The number of carboxylic acid groups (broad SMARTS) is 1. The van der Waals surface area contributed by atoms with Crippen LogP contribution in [-0.2, 0) is 4.79 Å². The number of carboxylic acids is 1. The van der Waals surface area contributed by atoms with Crippen molar-refractivity contribution in [3.63, 3.8) is 0 Å². The standard InChI is InChI=1S/C17H16O4/c1-13(10-17(18)19)12-20-15-8-5-9-16(11-15)21-14-6-3-2-4-7-14/h2-11H,12H2,1H3,(H,18,19). The third kappa shape index (κ3) is 5.03. The highest BCUT2D eigenvalue weighted by Crippen LogP contribution is 2.25. The first-order valence-corrected chi connectivity index (χ1v) is 6.49. The summed E-state index contributed by atoms with van der Waals surface area (Å²) in [6, 6.07) is 16.7. The Labute approximate surface area is 123 Å². The molecule has 2 aromatic rings. The highest BCUT2D eigenvalue weighted by Gasteiger charge is 2.01. The summed E-state index contributed by atoms with van der Waals surface area (Å²) in [6.45, 7) is 1.93. The summed E-state index contributed by atoms with van der Waals surface area (Å²) in [7, 11) is 0. The summed E-state index contributed by atoms with van der Waals surface area (Å²) in [6.07, 6.45) is 1.13. The number of para-hydroxylation sites is 1. The summed E-state index contributed by atoms with van der Waals surface area (Å²) < 4.78 is 11.2. The smallest absolute Gasteiger partial charge is 0.328 e. The van der Waals surface area contributed by atoms with Crippen LogP contribution in [0.3, 0.4) is 0 Å². The van der Waals surface area contributed by atoms with Crippen molar-refractivity contribution in [3.05, 3.63) is 66.2 Å². The van der Waals surface area contributed by atoms with Gasteiger partial charge in [0.25, 0.3) is 0 Å². The van der Waals surface area contributed by atoms with E-state index in [1.807, 2.05) is 42.5 Å². The fraction of sp³-hybridized carbons (Fsp3) is 0.118. The molecule has 0 aromatic heterocycles. The number of benzene rings is 2. The molecule has 4 nitrogen and oxygen atoms in total. The quantitative estimate of drug-likeness (QED) is 0.818. The number of carbonyl (C=O) groups is 1. The second-order valence-corrected chi connectivity index (χ2v) is 4.51. The molecule has 0 aliphatic rings. The largest absolute Gasteiger partial charge is 0.489 e. The zero-order chi connectivity index (χ0) is 15.1. The fourth-order valence-electron chi connectivity index (χ4n) is 1.70. The van der Waals surface area contributed by atoms with Crippen LogP contribution in [0.4, 0.5) is 0 Å². The number of ether oxygens (including phenoxy) is 2. The zero-order valence-corrected chi connectivity index (χ0v) is 11.7. The van der Waals surface area contributed by atoms with Gasteiger partial charge in [0.2, 0.25) is 0 Å². The molecule has 0 heterocycles. The molecule has 0 saturated carbocycles. The second-order valence-electron chi connectivity index (χ2n) is 4.51. The lowest BCUT2D eigenvalue weighted by atomic mass is 10.3. The van der Waals surface area contributed by atoms with Crippen LogP contribution in [0.5, 0.6) is 17.2 Å². The van der Waals surface area contributed by atoms with Gasteiger partial charge in [0, 0.05) is 12.1 Å². The van der Waals surface area contributed by atoms with E-state index in [0.29, 0.717) is 17.1 Å². The van der Waals surface area contributed by atoms with E-state index in [4.69, 9.17) is 14.6 Å². The van der Waals surface area contributed by atoms with E-state index in [1.54, 1.807) is 19.1 Å². The second kappa shape index (κ2) is 7.14. The van der Waals surface area contributed by atoms with Crippen molar-refractivity contribution in [1.29, 1.82) is 0 Å². The van der Waals surface area contributed by atoms with E-state index >= 15 is 0 Å². The van der Waals surface area contributed by atoms with Crippen molar-refractivity contribution in [2.75, 3.05) is 6.61 Å². The van der Waals surface area contributed by atoms with Gasteiger partial charge in [-0.05, 0) is 36.8 Å². The van der Waals surface area contributed by atoms with Crippen LogP contribution in [0.15, 0.2) is 66.2 Å². The van der Waals surface area contributed by atoms with Gasteiger partial charge in [-0.15, -0.1) is 0 Å². The molecule has 21 heavy (non-hydrogen) atoms. The van der Waals surface area contributed by atoms with Gasteiger partial charge in [-0.25, -0.2) is 4.79 Å². The molecule has 2 aromatic carbocycles. The van der Waals surface area contributed by atoms with Crippen LogP contribution in [0.25, 0.3) is 0 Å². The van der Waals surface area contributed by atoms with E-state index < -0.39 is 5.97 Å². The number of hydrogen-bond donors (Lipinski definition) is 1. The molecule has 0 bridgehead atoms. The van der Waals surface area contributed by atoms with E-state index in [-0.39, 0.29) is 6.61 Å². The van der Waals surface area contributed by atoms with E-state index in [2.05, 4.69) is 0 Å². The SMILES string of the molecule is CC(=CC(=O)O)COc1cccc(Oc2ccccc2)c1. The first kappa shape index (κ1) is 14.7. The van der Waals surface area contributed by atoms with Crippen LogP contribution < -0.4 is 9.47 Å². The molecule has 0 amide bonds. The number of hydrogen-bond acceptors (Lipinski definition) is 3. The molecule has 0 atom stereocenters. The van der Waals surface area contributed by atoms with Crippen molar-refractivity contribution in [1.82, 2.24) is 0 Å². The summed E-state index contributed by atoms with van der Waals surface area (Å²) >= 11 is 0. The topological polar surface area (TPSA) is 55.8 Å². The van der Waals surface area contributed by atoms with Crippen LogP contribution in [0, 0.1) is 0 Å². The first-order chi connectivity index (χ1) is 10.1. The third-order valence-electron chi connectivity index (χ3n) is 2.62. The molecule has 0 radical (unpaired) electrons. The predicted molar refractivity (Wildman–Crippen MR) is 79.8 cm³/mol. The molecule has 0 saturated heterocycles. The summed E-state index contributed by atoms with van der Waals surface area (Å²) in [5, 5.41) is 8.64. The van der Waals surface area contributed by atoms with E-state index in [0.717, 1.165) is 11.8 Å². The highest BCUT2D eigenvalue weighted by molar-refractivity contribution is 5.80. The average molecular weight is 284 g/mol. The van der Waals surface area contributed by atoms with Gasteiger partial charge >= 0.3 is 5.97 Å². The Morgan fingerprint density at radius 2 is 1.71 bits per heavy atom. The summed E-state index contributed by atoms with van der Waals surface area (Å²) in [5.74, 6) is 1.06. The van der Waals surface area contributed by atoms with Gasteiger partial charge in [0.15, 0.2) is 0 Å². The van der Waals surface area contributed by atoms with Crippen LogP contribution in [0.2, 0.25) is 0 Å². The molecule has 1 N–H and O–H groups in total. The van der Waals surface area contributed by atoms with Gasteiger partial charge in [0.05, 0.1) is 0 Å². The zero-order valence-electron chi connectivity index (χ0n) is 11.7. The van der Waals surface area contributed by atoms with Crippen molar-refractivity contribution in [3.8, 4) is 17.2 Å². The van der Waals surface area contributed by atoms with E-state index in [9.17, 15) is 4.79 Å². The minimum Gasteiger partial charge on any atom is -0.489 e. The Bertz CT molecular complexity index is 632. The Morgan fingerprint density at radius 3 is 2.43 bits per heavy atom. The minimum absolute atomic E-state index is 0.223. The Balaban J connectivity index is 1.99. The molecule has 0 spiro atoms. The minimum atomic E-state index is -0.975. The lowest BCUT2D eigenvalue weighted by Gasteiger charge is -2.09. The van der Waals surface area contributed by atoms with Gasteiger partial charge in [0.1, 0.15) is 23.9 Å². The van der Waals surface area contributed by atoms with Gasteiger partial charge in [-0.3, -0.25) is 0 Å². The molecular weight excluding hydrogens is 268 g/mol. The average Bonchev–Trinajstić information content (AvgIpc) is 2.46. The number of aliphatic carboxylic acids is 1. The molecule has 2 rings (SSSR count). The lowest BCUT2D eigenvalue weighted by Crippen LogP contribution is -2.01. The van der Waals surface area contributed by atoms with Crippen LogP contribution >= 0.6 is 0 Å². The molecular formula is C17H16O4. The van der Waals surface area contributed by atoms with E-state index in [1.165, 1.54) is 0 Å². The first-order valence-electron chi connectivity index (χ1n) is 6.49. The molecule has 4 heteroatoms. The Hall–Kier alpha value is -2.75. The fourth-order valence-corrected chi connectivity index (χ4v) is 1.70. The molecule has 0 fully saturated rings. The summed E-state index contributed by atoms with van der Waals surface area (Å²) in [4.78, 5) is 10.5. The van der Waals surface area contributed by atoms with Crippen LogP contribution in [0.1, 0.15) is 6.92 Å². The maximum atomic E-state index is 10.5. The molecule has 0 aliphatic carbocycles. The van der Waals surface area contributed by atoms with Crippen molar-refractivity contribution >= 4 is 5.97 Å². The Kier molecular flexibility index (Phi) is 4.99. The predicted octanol–water partition coefficient (Wildman–Crippen LogP) is 3.89. The van der Waals surface area contributed by atoms with Gasteiger partial charge < -0.3 is 14.6 Å².